The fourth-order valence-electron chi connectivity index (χ4n) is 2.54. The minimum atomic E-state index is -3.61. The molecule has 0 aliphatic rings. The predicted molar refractivity (Wildman–Crippen MR) is 119 cm³/mol. The van der Waals surface area contributed by atoms with E-state index in [4.69, 9.17) is 11.6 Å². The summed E-state index contributed by atoms with van der Waals surface area (Å²) < 4.78 is 25.3. The lowest BCUT2D eigenvalue weighted by atomic mass is 10.1. The number of hydrogen-bond acceptors (Lipinski definition) is 4. The molecule has 0 fully saturated rings. The Morgan fingerprint density at radius 3 is 2.50 bits per heavy atom. The lowest BCUT2D eigenvalue weighted by Gasteiger charge is -2.22. The van der Waals surface area contributed by atoms with Gasteiger partial charge in [-0.25, -0.2) is 8.42 Å². The molecular formula is C20H25ClN2O3S2. The fraction of sp³-hybridized carbons (Fsp3) is 0.350. The van der Waals surface area contributed by atoms with Crippen molar-refractivity contribution in [2.75, 3.05) is 29.4 Å². The molecule has 0 saturated heterocycles. The molecule has 0 atom stereocenters. The monoisotopic (exact) mass is 440 g/mol. The highest BCUT2D eigenvalue weighted by Gasteiger charge is 2.21. The maximum atomic E-state index is 12.3. The normalized spacial score (nSPS) is 11.3. The van der Waals surface area contributed by atoms with Crippen molar-refractivity contribution in [1.29, 1.82) is 0 Å². The summed E-state index contributed by atoms with van der Waals surface area (Å²) in [4.78, 5) is 12.3. The summed E-state index contributed by atoms with van der Waals surface area (Å²) in [5, 5.41) is 3.24. The van der Waals surface area contributed by atoms with E-state index in [-0.39, 0.29) is 12.5 Å². The molecule has 0 radical (unpaired) electrons. The van der Waals surface area contributed by atoms with E-state index in [1.807, 2.05) is 19.1 Å². The Labute approximate surface area is 176 Å². The first-order chi connectivity index (χ1) is 13.2. The molecule has 0 aromatic heterocycles. The van der Waals surface area contributed by atoms with Gasteiger partial charge in [0.1, 0.15) is 6.54 Å². The van der Waals surface area contributed by atoms with Gasteiger partial charge in [0.25, 0.3) is 0 Å². The first-order valence-electron chi connectivity index (χ1n) is 8.81. The Morgan fingerprint density at radius 1 is 1.14 bits per heavy atom. The van der Waals surface area contributed by atoms with Gasteiger partial charge in [-0.3, -0.25) is 9.10 Å². The third-order valence-electron chi connectivity index (χ3n) is 4.22. The third-order valence-corrected chi connectivity index (χ3v) is 6.77. The number of carbonyl (C=O) groups is 1. The van der Waals surface area contributed by atoms with Gasteiger partial charge in [0.15, 0.2) is 0 Å². The van der Waals surface area contributed by atoms with Crippen molar-refractivity contribution in [2.45, 2.75) is 19.6 Å². The van der Waals surface area contributed by atoms with Crippen LogP contribution in [0.5, 0.6) is 0 Å². The number of benzene rings is 2. The summed E-state index contributed by atoms with van der Waals surface area (Å²) in [6.07, 6.45) is 1.08. The van der Waals surface area contributed by atoms with E-state index in [0.717, 1.165) is 27.6 Å². The highest BCUT2D eigenvalue weighted by molar-refractivity contribution is 7.98. The summed E-state index contributed by atoms with van der Waals surface area (Å²) >= 11 is 7.82. The number of thioether (sulfide) groups is 1. The summed E-state index contributed by atoms with van der Waals surface area (Å²) in [6.45, 7) is 4.11. The van der Waals surface area contributed by atoms with Gasteiger partial charge >= 0.3 is 0 Å². The smallest absolute Gasteiger partial charge is 0.240 e. The molecule has 0 aliphatic heterocycles. The van der Waals surface area contributed by atoms with Crippen LogP contribution < -0.4 is 9.62 Å². The van der Waals surface area contributed by atoms with Crippen molar-refractivity contribution >= 4 is 45.0 Å². The first-order valence-corrected chi connectivity index (χ1v) is 12.2. The molecule has 28 heavy (non-hydrogen) atoms. The molecular weight excluding hydrogens is 416 g/mol. The highest BCUT2D eigenvalue weighted by Crippen LogP contribution is 2.24. The van der Waals surface area contributed by atoms with Crippen LogP contribution in [0.2, 0.25) is 5.02 Å². The van der Waals surface area contributed by atoms with E-state index in [1.165, 1.54) is 11.1 Å². The van der Waals surface area contributed by atoms with E-state index in [1.54, 1.807) is 30.0 Å². The van der Waals surface area contributed by atoms with Crippen LogP contribution in [0.3, 0.4) is 0 Å². The Kier molecular flexibility index (Phi) is 8.22. The average molecular weight is 441 g/mol. The fourth-order valence-corrected chi connectivity index (χ4v) is 4.50. The molecule has 0 bridgehead atoms. The van der Waals surface area contributed by atoms with Crippen LogP contribution in [0.25, 0.3) is 0 Å². The van der Waals surface area contributed by atoms with Gasteiger partial charge in [0.05, 0.1) is 11.9 Å². The highest BCUT2D eigenvalue weighted by atomic mass is 35.5. The summed E-state index contributed by atoms with van der Waals surface area (Å²) in [6, 6.07) is 13.1. The molecule has 0 unspecified atom stereocenters. The number of nitrogens with zero attached hydrogens (tertiary/aromatic N) is 1. The molecule has 8 heteroatoms. The zero-order chi connectivity index (χ0) is 20.7. The molecule has 1 N–H and O–H groups in total. The minimum Gasteiger partial charge on any atom is -0.354 e. The Hall–Kier alpha value is -1.70. The maximum Gasteiger partial charge on any atom is 0.240 e. The summed E-state index contributed by atoms with van der Waals surface area (Å²) in [5.74, 6) is 1.27. The number of halogens is 1. The number of amides is 1. The number of carbonyl (C=O) groups excluding carboxylic acids is 1. The lowest BCUT2D eigenvalue weighted by molar-refractivity contribution is -0.119. The SMILES string of the molecule is Cc1ccc(N(CC(=O)NCCSCc2ccccc2C)S(C)(=O)=O)cc1Cl. The number of nitrogens with one attached hydrogen (secondary N) is 1. The standard InChI is InChI=1S/C20H25ClN2O3S2/c1-15-6-4-5-7-17(15)14-27-11-10-22-20(24)13-23(28(3,25)26)18-9-8-16(2)19(21)12-18/h4-9,12H,10-11,13-14H2,1-3H3,(H,22,24). The third kappa shape index (κ3) is 6.72. The van der Waals surface area contributed by atoms with Crippen molar-refractivity contribution in [1.82, 2.24) is 5.32 Å². The van der Waals surface area contributed by atoms with Crippen molar-refractivity contribution < 1.29 is 13.2 Å². The zero-order valence-corrected chi connectivity index (χ0v) is 18.6. The summed E-state index contributed by atoms with van der Waals surface area (Å²) in [7, 11) is -3.61. The second kappa shape index (κ2) is 10.2. The van der Waals surface area contributed by atoms with Gasteiger partial charge in [-0.1, -0.05) is 41.9 Å². The van der Waals surface area contributed by atoms with E-state index < -0.39 is 10.0 Å². The maximum absolute atomic E-state index is 12.3. The Balaban J connectivity index is 1.86. The molecule has 5 nitrogen and oxygen atoms in total. The van der Waals surface area contributed by atoms with Gasteiger partial charge < -0.3 is 5.32 Å². The van der Waals surface area contributed by atoms with Crippen LogP contribution in [0.15, 0.2) is 42.5 Å². The van der Waals surface area contributed by atoms with Gasteiger partial charge in [-0.15, -0.1) is 0 Å². The number of aryl methyl sites for hydroxylation is 2. The zero-order valence-electron chi connectivity index (χ0n) is 16.2. The second-order valence-corrected chi connectivity index (χ2v) is 9.95. The van der Waals surface area contributed by atoms with Crippen molar-refractivity contribution in [3.63, 3.8) is 0 Å². The number of anilines is 1. The number of sulfonamides is 1. The van der Waals surface area contributed by atoms with E-state index in [2.05, 4.69) is 24.4 Å². The van der Waals surface area contributed by atoms with Crippen molar-refractivity contribution in [3.8, 4) is 0 Å². The van der Waals surface area contributed by atoms with Crippen LogP contribution in [0.1, 0.15) is 16.7 Å². The van der Waals surface area contributed by atoms with Crippen molar-refractivity contribution in [3.05, 3.63) is 64.2 Å². The van der Waals surface area contributed by atoms with Crippen molar-refractivity contribution in [2.24, 2.45) is 0 Å². The second-order valence-electron chi connectivity index (χ2n) is 6.53. The van der Waals surface area contributed by atoms with Crippen LogP contribution in [0, 0.1) is 13.8 Å². The van der Waals surface area contributed by atoms with Gasteiger partial charge in [-0.05, 0) is 42.7 Å². The molecule has 0 spiro atoms. The molecule has 2 aromatic rings. The quantitative estimate of drug-likeness (QED) is 0.602. The average Bonchev–Trinajstić information content (AvgIpc) is 2.62. The number of hydrogen-bond donors (Lipinski definition) is 1. The lowest BCUT2D eigenvalue weighted by Crippen LogP contribution is -2.41. The van der Waals surface area contributed by atoms with Gasteiger partial charge in [0, 0.05) is 23.1 Å². The van der Waals surface area contributed by atoms with Gasteiger partial charge in [-0.2, -0.15) is 11.8 Å². The van der Waals surface area contributed by atoms with Crippen LogP contribution in [-0.4, -0.2) is 39.4 Å². The van der Waals surface area contributed by atoms with E-state index in [0.29, 0.717) is 17.3 Å². The topological polar surface area (TPSA) is 66.5 Å². The number of rotatable bonds is 9. The summed E-state index contributed by atoms with van der Waals surface area (Å²) in [5.41, 5.74) is 3.74. The molecule has 0 aliphatic carbocycles. The molecule has 2 rings (SSSR count). The molecule has 0 saturated carbocycles. The van der Waals surface area contributed by atoms with E-state index in [9.17, 15) is 13.2 Å². The first kappa shape index (κ1) is 22.6. The predicted octanol–water partition coefficient (Wildman–Crippen LogP) is 3.77. The van der Waals surface area contributed by atoms with E-state index >= 15 is 0 Å². The molecule has 0 heterocycles. The molecule has 2 aromatic carbocycles. The minimum absolute atomic E-state index is 0.277. The molecule has 152 valence electrons. The largest absolute Gasteiger partial charge is 0.354 e. The van der Waals surface area contributed by atoms with Crippen LogP contribution in [0.4, 0.5) is 5.69 Å². The Bertz CT molecular complexity index is 933. The Morgan fingerprint density at radius 2 is 1.86 bits per heavy atom. The van der Waals surface area contributed by atoms with Crippen LogP contribution >= 0.6 is 23.4 Å². The van der Waals surface area contributed by atoms with Crippen LogP contribution in [-0.2, 0) is 20.6 Å². The molecule has 1 amide bonds. The van der Waals surface area contributed by atoms with Gasteiger partial charge in [0.2, 0.25) is 15.9 Å².